The maximum absolute atomic E-state index is 10.3. The Kier molecular flexibility index (Phi) is 8.71. The minimum Gasteiger partial charge on any atom is -0.466 e. The summed E-state index contributed by atoms with van der Waals surface area (Å²) in [6.45, 7) is 2.19. The molecule has 0 bridgehead atoms. The number of esters is 1. The van der Waals surface area contributed by atoms with Crippen LogP contribution in [0.3, 0.4) is 0 Å². The summed E-state index contributed by atoms with van der Waals surface area (Å²) in [4.78, 5) is 10.3. The number of hydrogen-bond acceptors (Lipinski definition) is 4. The van der Waals surface area contributed by atoms with Gasteiger partial charge in [0.15, 0.2) is 0 Å². The van der Waals surface area contributed by atoms with E-state index in [-0.39, 0.29) is 12.6 Å². The van der Waals surface area contributed by atoms with Crippen molar-refractivity contribution in [3.8, 4) is 0 Å². The predicted octanol–water partition coefficient (Wildman–Crippen LogP) is 1.06. The largest absolute Gasteiger partial charge is 0.466 e. The van der Waals surface area contributed by atoms with Gasteiger partial charge in [-0.25, -0.2) is 0 Å². The SMILES string of the molecule is CC(=O)OCCCSCCCO. The van der Waals surface area contributed by atoms with Gasteiger partial charge in [-0.2, -0.15) is 11.8 Å². The minimum absolute atomic E-state index is 0.213. The highest BCUT2D eigenvalue weighted by molar-refractivity contribution is 7.99. The van der Waals surface area contributed by atoms with Crippen LogP contribution in [-0.2, 0) is 9.53 Å². The second-order valence-corrected chi connectivity index (χ2v) is 3.61. The second-order valence-electron chi connectivity index (χ2n) is 2.38. The molecule has 0 aliphatic carbocycles. The van der Waals surface area contributed by atoms with Gasteiger partial charge in [0.25, 0.3) is 0 Å². The van der Waals surface area contributed by atoms with Crippen molar-refractivity contribution in [3.05, 3.63) is 0 Å². The van der Waals surface area contributed by atoms with E-state index in [0.29, 0.717) is 6.61 Å². The summed E-state index contributed by atoms with van der Waals surface area (Å²) in [6, 6.07) is 0. The van der Waals surface area contributed by atoms with E-state index < -0.39 is 0 Å². The molecule has 4 heteroatoms. The lowest BCUT2D eigenvalue weighted by Crippen LogP contribution is -2.01. The van der Waals surface area contributed by atoms with Gasteiger partial charge < -0.3 is 9.84 Å². The third-order valence-corrected chi connectivity index (χ3v) is 2.34. The zero-order valence-corrected chi connectivity index (χ0v) is 8.23. The Balaban J connectivity index is 2.86. The molecule has 1 N–H and O–H groups in total. The third kappa shape index (κ3) is 9.78. The molecule has 0 aliphatic heterocycles. The zero-order valence-electron chi connectivity index (χ0n) is 7.41. The molecule has 0 heterocycles. The summed E-state index contributed by atoms with van der Waals surface area (Å²) >= 11 is 1.78. The summed E-state index contributed by atoms with van der Waals surface area (Å²) in [5.41, 5.74) is 0. The molecule has 0 aromatic heterocycles. The van der Waals surface area contributed by atoms with Crippen LogP contribution in [0.4, 0.5) is 0 Å². The fourth-order valence-corrected chi connectivity index (χ4v) is 1.50. The Morgan fingerprint density at radius 2 is 2.08 bits per heavy atom. The van der Waals surface area contributed by atoms with Gasteiger partial charge in [0.05, 0.1) is 6.61 Å². The molecule has 0 aromatic rings. The van der Waals surface area contributed by atoms with Crippen LogP contribution >= 0.6 is 11.8 Å². The fourth-order valence-electron chi connectivity index (χ4n) is 0.646. The molecule has 0 amide bonds. The summed E-state index contributed by atoms with van der Waals surface area (Å²) in [7, 11) is 0. The van der Waals surface area contributed by atoms with E-state index in [0.717, 1.165) is 24.3 Å². The lowest BCUT2D eigenvalue weighted by atomic mass is 10.5. The summed E-state index contributed by atoms with van der Waals surface area (Å²) in [6.07, 6.45) is 1.74. The van der Waals surface area contributed by atoms with E-state index in [1.807, 2.05) is 0 Å². The number of carbonyl (C=O) groups excluding carboxylic acids is 1. The van der Waals surface area contributed by atoms with Crippen molar-refractivity contribution in [3.63, 3.8) is 0 Å². The molecule has 0 fully saturated rings. The van der Waals surface area contributed by atoms with Crippen molar-refractivity contribution in [1.82, 2.24) is 0 Å². The molecule has 0 saturated carbocycles. The average molecular weight is 192 g/mol. The molecule has 0 spiro atoms. The summed E-state index contributed by atoms with van der Waals surface area (Å²) in [5, 5.41) is 8.46. The van der Waals surface area contributed by atoms with Crippen molar-refractivity contribution in [2.24, 2.45) is 0 Å². The zero-order chi connectivity index (χ0) is 9.23. The lowest BCUT2D eigenvalue weighted by molar-refractivity contribution is -0.140. The van der Waals surface area contributed by atoms with Gasteiger partial charge in [0.1, 0.15) is 0 Å². The molecule has 3 nitrogen and oxygen atoms in total. The Labute approximate surface area is 77.5 Å². The highest BCUT2D eigenvalue weighted by Crippen LogP contribution is 2.03. The van der Waals surface area contributed by atoms with Gasteiger partial charge in [-0.1, -0.05) is 0 Å². The molecule has 0 saturated heterocycles. The average Bonchev–Trinajstić information content (AvgIpc) is 2.02. The minimum atomic E-state index is -0.213. The van der Waals surface area contributed by atoms with Gasteiger partial charge in [-0.05, 0) is 24.3 Å². The van der Waals surface area contributed by atoms with Crippen LogP contribution in [0.2, 0.25) is 0 Å². The van der Waals surface area contributed by atoms with E-state index in [9.17, 15) is 4.79 Å². The molecular formula is C8H16O3S. The van der Waals surface area contributed by atoms with E-state index in [1.54, 1.807) is 11.8 Å². The smallest absolute Gasteiger partial charge is 0.302 e. The standard InChI is InChI=1S/C8H16O3S/c1-8(10)11-5-3-7-12-6-2-4-9/h9H,2-7H2,1H3. The third-order valence-electron chi connectivity index (χ3n) is 1.19. The molecule has 0 atom stereocenters. The van der Waals surface area contributed by atoms with Gasteiger partial charge in [0, 0.05) is 13.5 Å². The topological polar surface area (TPSA) is 46.5 Å². The van der Waals surface area contributed by atoms with Crippen LogP contribution < -0.4 is 0 Å². The Morgan fingerprint density at radius 1 is 1.42 bits per heavy atom. The molecule has 0 rings (SSSR count). The first-order chi connectivity index (χ1) is 5.77. The summed E-state index contributed by atoms with van der Waals surface area (Å²) in [5.74, 6) is 1.76. The van der Waals surface area contributed by atoms with Crippen molar-refractivity contribution >= 4 is 17.7 Å². The lowest BCUT2D eigenvalue weighted by Gasteiger charge is -2.01. The number of thioether (sulfide) groups is 1. The Bertz CT molecular complexity index is 117. The Morgan fingerprint density at radius 3 is 2.67 bits per heavy atom. The molecule has 0 aliphatic rings. The molecule has 0 aromatic carbocycles. The van der Waals surface area contributed by atoms with Gasteiger partial charge >= 0.3 is 5.97 Å². The first-order valence-electron chi connectivity index (χ1n) is 4.09. The van der Waals surface area contributed by atoms with Crippen LogP contribution in [-0.4, -0.2) is 35.8 Å². The number of aliphatic hydroxyl groups is 1. The number of ether oxygens (including phenoxy) is 1. The number of carbonyl (C=O) groups is 1. The monoisotopic (exact) mass is 192 g/mol. The molecule has 12 heavy (non-hydrogen) atoms. The maximum atomic E-state index is 10.3. The van der Waals surface area contributed by atoms with E-state index in [4.69, 9.17) is 9.84 Å². The quantitative estimate of drug-likeness (QED) is 0.484. The van der Waals surface area contributed by atoms with Crippen LogP contribution in [0, 0.1) is 0 Å². The molecule has 72 valence electrons. The fraction of sp³-hybridized carbons (Fsp3) is 0.875. The van der Waals surface area contributed by atoms with Crippen LogP contribution in [0.25, 0.3) is 0 Å². The Hall–Kier alpha value is -0.220. The van der Waals surface area contributed by atoms with Crippen LogP contribution in [0.15, 0.2) is 0 Å². The molecule has 0 unspecified atom stereocenters. The normalized spacial score (nSPS) is 9.83. The van der Waals surface area contributed by atoms with Crippen molar-refractivity contribution in [1.29, 1.82) is 0 Å². The van der Waals surface area contributed by atoms with Crippen LogP contribution in [0.1, 0.15) is 19.8 Å². The van der Waals surface area contributed by atoms with Crippen LogP contribution in [0.5, 0.6) is 0 Å². The summed E-state index contributed by atoms with van der Waals surface area (Å²) < 4.78 is 4.75. The van der Waals surface area contributed by atoms with Gasteiger partial charge in [0.2, 0.25) is 0 Å². The van der Waals surface area contributed by atoms with E-state index in [2.05, 4.69) is 0 Å². The first kappa shape index (κ1) is 11.8. The molecule has 0 radical (unpaired) electrons. The predicted molar refractivity (Wildman–Crippen MR) is 50.3 cm³/mol. The second kappa shape index (κ2) is 8.87. The number of rotatable bonds is 7. The van der Waals surface area contributed by atoms with Gasteiger partial charge in [-0.3, -0.25) is 4.79 Å². The van der Waals surface area contributed by atoms with Crippen molar-refractivity contribution < 1.29 is 14.6 Å². The van der Waals surface area contributed by atoms with E-state index in [1.165, 1.54) is 6.92 Å². The first-order valence-corrected chi connectivity index (χ1v) is 5.25. The van der Waals surface area contributed by atoms with E-state index >= 15 is 0 Å². The van der Waals surface area contributed by atoms with Crippen molar-refractivity contribution in [2.75, 3.05) is 24.7 Å². The highest BCUT2D eigenvalue weighted by Gasteiger charge is 1.92. The van der Waals surface area contributed by atoms with Gasteiger partial charge in [-0.15, -0.1) is 0 Å². The highest BCUT2D eigenvalue weighted by atomic mass is 32.2. The number of hydrogen-bond donors (Lipinski definition) is 1. The molecular weight excluding hydrogens is 176 g/mol. The number of aliphatic hydroxyl groups excluding tert-OH is 1. The maximum Gasteiger partial charge on any atom is 0.302 e. The van der Waals surface area contributed by atoms with Crippen molar-refractivity contribution in [2.45, 2.75) is 19.8 Å².